The second-order valence-electron chi connectivity index (χ2n) is 5.22. The van der Waals surface area contributed by atoms with Crippen LogP contribution in [0, 0.1) is 0 Å². The lowest BCUT2D eigenvalue weighted by Gasteiger charge is -2.15. The molecule has 0 spiro atoms. The number of aliphatic hydroxyl groups is 1. The molecule has 1 aromatic heterocycles. The molecule has 1 fully saturated rings. The number of ether oxygens (including phenoxy) is 1. The van der Waals surface area contributed by atoms with Gasteiger partial charge in [-0.3, -0.25) is 4.98 Å². The molecule has 1 aliphatic rings. The van der Waals surface area contributed by atoms with Gasteiger partial charge in [0.15, 0.2) is 0 Å². The van der Waals surface area contributed by atoms with Gasteiger partial charge in [-0.15, -0.1) is 0 Å². The molecule has 2 aromatic rings. The lowest BCUT2D eigenvalue weighted by Crippen LogP contribution is -2.19. The third-order valence-electron chi connectivity index (χ3n) is 3.66. The Bertz CT molecular complexity index is 549. The van der Waals surface area contributed by atoms with Gasteiger partial charge in [0, 0.05) is 24.1 Å². The number of benzene rings is 1. The summed E-state index contributed by atoms with van der Waals surface area (Å²) in [6.07, 6.45) is 3.37. The quantitative estimate of drug-likeness (QED) is 0.915. The van der Waals surface area contributed by atoms with Crippen LogP contribution in [0.15, 0.2) is 36.4 Å². The Morgan fingerprint density at radius 2 is 2.16 bits per heavy atom. The fourth-order valence-corrected chi connectivity index (χ4v) is 2.68. The first-order chi connectivity index (χ1) is 9.31. The highest BCUT2D eigenvalue weighted by atomic mass is 16.5. The molecule has 0 aliphatic carbocycles. The lowest BCUT2D eigenvalue weighted by molar-refractivity contribution is 0.0538. The van der Waals surface area contributed by atoms with E-state index in [2.05, 4.69) is 17.1 Å². The number of fused-ring (bicyclic) bond motifs is 1. The molecule has 1 N–H and O–H groups in total. The van der Waals surface area contributed by atoms with Crippen molar-refractivity contribution in [2.45, 2.75) is 37.9 Å². The molecular formula is C16H19NO2. The van der Waals surface area contributed by atoms with E-state index in [1.165, 1.54) is 0 Å². The number of pyridine rings is 1. The van der Waals surface area contributed by atoms with Crippen LogP contribution in [0.25, 0.3) is 10.9 Å². The first kappa shape index (κ1) is 12.6. The number of aliphatic hydroxyl groups excluding tert-OH is 1. The number of rotatable bonds is 4. The van der Waals surface area contributed by atoms with E-state index in [0.29, 0.717) is 12.8 Å². The maximum Gasteiger partial charge on any atom is 0.0705 e. The highest BCUT2D eigenvalue weighted by Crippen LogP contribution is 2.19. The van der Waals surface area contributed by atoms with Crippen molar-refractivity contribution in [2.75, 3.05) is 6.61 Å². The van der Waals surface area contributed by atoms with Crippen LogP contribution >= 0.6 is 0 Å². The minimum Gasteiger partial charge on any atom is -0.393 e. The Morgan fingerprint density at radius 1 is 1.26 bits per heavy atom. The topological polar surface area (TPSA) is 42.4 Å². The van der Waals surface area contributed by atoms with Crippen LogP contribution < -0.4 is 0 Å². The molecule has 0 radical (unpaired) electrons. The zero-order valence-electron chi connectivity index (χ0n) is 11.0. The van der Waals surface area contributed by atoms with Gasteiger partial charge in [0.2, 0.25) is 0 Å². The van der Waals surface area contributed by atoms with Gasteiger partial charge in [-0.1, -0.05) is 24.3 Å². The molecule has 2 heterocycles. The number of hydrogen-bond acceptors (Lipinski definition) is 3. The van der Waals surface area contributed by atoms with Gasteiger partial charge in [-0.2, -0.15) is 0 Å². The molecule has 2 unspecified atom stereocenters. The van der Waals surface area contributed by atoms with E-state index in [1.54, 1.807) is 0 Å². The van der Waals surface area contributed by atoms with Crippen molar-refractivity contribution in [3.8, 4) is 0 Å². The number of hydrogen-bond donors (Lipinski definition) is 1. The maximum absolute atomic E-state index is 10.1. The van der Waals surface area contributed by atoms with Crippen LogP contribution in [0.1, 0.15) is 25.0 Å². The molecule has 3 heteroatoms. The van der Waals surface area contributed by atoms with E-state index < -0.39 is 0 Å². The van der Waals surface area contributed by atoms with E-state index in [4.69, 9.17) is 4.74 Å². The molecule has 0 bridgehead atoms. The van der Waals surface area contributed by atoms with E-state index >= 15 is 0 Å². The van der Waals surface area contributed by atoms with Crippen LogP contribution in [0.3, 0.4) is 0 Å². The predicted molar refractivity (Wildman–Crippen MR) is 75.0 cm³/mol. The van der Waals surface area contributed by atoms with Gasteiger partial charge >= 0.3 is 0 Å². The van der Waals surface area contributed by atoms with Gasteiger partial charge in [0.25, 0.3) is 0 Å². The first-order valence-corrected chi connectivity index (χ1v) is 6.95. The zero-order valence-corrected chi connectivity index (χ0v) is 11.0. The molecule has 1 aromatic carbocycles. The molecule has 3 nitrogen and oxygen atoms in total. The van der Waals surface area contributed by atoms with Crippen molar-refractivity contribution in [1.29, 1.82) is 0 Å². The fraction of sp³-hybridized carbons (Fsp3) is 0.438. The summed E-state index contributed by atoms with van der Waals surface area (Å²) in [5.74, 6) is 0. The molecule has 2 atom stereocenters. The van der Waals surface area contributed by atoms with Crippen molar-refractivity contribution in [1.82, 2.24) is 4.98 Å². The summed E-state index contributed by atoms with van der Waals surface area (Å²) < 4.78 is 5.55. The molecule has 19 heavy (non-hydrogen) atoms. The normalized spacial score (nSPS) is 20.8. The number of nitrogens with zero attached hydrogens (tertiary/aromatic N) is 1. The minimum atomic E-state index is -0.364. The van der Waals surface area contributed by atoms with Gasteiger partial charge < -0.3 is 9.84 Å². The maximum atomic E-state index is 10.1. The van der Waals surface area contributed by atoms with E-state index in [1.807, 2.05) is 24.3 Å². The average molecular weight is 257 g/mol. The zero-order chi connectivity index (χ0) is 13.1. The molecular weight excluding hydrogens is 238 g/mol. The van der Waals surface area contributed by atoms with E-state index in [-0.39, 0.29) is 12.2 Å². The van der Waals surface area contributed by atoms with Crippen LogP contribution in [0.4, 0.5) is 0 Å². The van der Waals surface area contributed by atoms with Gasteiger partial charge in [0.1, 0.15) is 0 Å². The monoisotopic (exact) mass is 257 g/mol. The van der Waals surface area contributed by atoms with Gasteiger partial charge in [0.05, 0.1) is 17.7 Å². The average Bonchev–Trinajstić information content (AvgIpc) is 2.91. The largest absolute Gasteiger partial charge is 0.393 e. The summed E-state index contributed by atoms with van der Waals surface area (Å²) in [7, 11) is 0. The van der Waals surface area contributed by atoms with E-state index in [9.17, 15) is 5.11 Å². The Morgan fingerprint density at radius 3 is 3.00 bits per heavy atom. The van der Waals surface area contributed by atoms with Crippen molar-refractivity contribution >= 4 is 10.9 Å². The highest BCUT2D eigenvalue weighted by Gasteiger charge is 2.19. The summed E-state index contributed by atoms with van der Waals surface area (Å²) in [6, 6.07) is 12.1. The molecule has 0 amide bonds. The predicted octanol–water partition coefficient (Wildman–Crippen LogP) is 2.71. The van der Waals surface area contributed by atoms with Crippen molar-refractivity contribution in [3.05, 3.63) is 42.1 Å². The Labute approximate surface area is 113 Å². The third-order valence-corrected chi connectivity index (χ3v) is 3.66. The first-order valence-electron chi connectivity index (χ1n) is 6.95. The summed E-state index contributed by atoms with van der Waals surface area (Å²) in [6.45, 7) is 0.839. The minimum absolute atomic E-state index is 0.232. The van der Waals surface area contributed by atoms with Crippen LogP contribution in [-0.2, 0) is 11.2 Å². The van der Waals surface area contributed by atoms with Gasteiger partial charge in [-0.05, 0) is 31.4 Å². The van der Waals surface area contributed by atoms with Crippen molar-refractivity contribution in [2.24, 2.45) is 0 Å². The fourth-order valence-electron chi connectivity index (χ4n) is 2.68. The second kappa shape index (κ2) is 5.68. The van der Waals surface area contributed by atoms with Crippen LogP contribution in [-0.4, -0.2) is 28.9 Å². The number of para-hydroxylation sites is 1. The molecule has 0 saturated carbocycles. The molecule has 1 aliphatic heterocycles. The summed E-state index contributed by atoms with van der Waals surface area (Å²) in [5, 5.41) is 11.3. The second-order valence-corrected chi connectivity index (χ2v) is 5.22. The summed E-state index contributed by atoms with van der Waals surface area (Å²) >= 11 is 0. The summed E-state index contributed by atoms with van der Waals surface area (Å²) in [4.78, 5) is 4.59. The standard InChI is InChI=1S/C16H19NO2/c18-14(11-15-5-3-9-19-15)10-13-8-7-12-4-1-2-6-16(12)17-13/h1-2,4,6-8,14-15,18H,3,5,9-11H2. The van der Waals surface area contributed by atoms with Crippen LogP contribution in [0.5, 0.6) is 0 Å². The number of aromatic nitrogens is 1. The lowest BCUT2D eigenvalue weighted by atomic mass is 10.0. The Kier molecular flexibility index (Phi) is 3.76. The molecule has 3 rings (SSSR count). The van der Waals surface area contributed by atoms with Gasteiger partial charge in [-0.25, -0.2) is 0 Å². The van der Waals surface area contributed by atoms with Crippen molar-refractivity contribution in [3.63, 3.8) is 0 Å². The van der Waals surface area contributed by atoms with Crippen molar-refractivity contribution < 1.29 is 9.84 Å². The molecule has 100 valence electrons. The third kappa shape index (κ3) is 3.11. The molecule has 1 saturated heterocycles. The Hall–Kier alpha value is -1.45. The smallest absolute Gasteiger partial charge is 0.0705 e. The Balaban J connectivity index is 1.66. The van der Waals surface area contributed by atoms with E-state index in [0.717, 1.165) is 36.0 Å². The SMILES string of the molecule is OC(Cc1ccc2ccccc2n1)CC1CCCO1. The highest BCUT2D eigenvalue weighted by molar-refractivity contribution is 5.78. The summed E-state index contributed by atoms with van der Waals surface area (Å²) in [5.41, 5.74) is 1.94. The van der Waals surface area contributed by atoms with Crippen LogP contribution in [0.2, 0.25) is 0 Å².